The van der Waals surface area contributed by atoms with Gasteiger partial charge in [0.2, 0.25) is 0 Å². The lowest BCUT2D eigenvalue weighted by Gasteiger charge is -2.09. The van der Waals surface area contributed by atoms with Crippen LogP contribution in [0.4, 0.5) is 0 Å². The number of Topliss-reactive ketones (excluding diaryl/α,β-unsaturated/α-hetero) is 1. The summed E-state index contributed by atoms with van der Waals surface area (Å²) < 4.78 is -0.141. The van der Waals surface area contributed by atoms with Crippen molar-refractivity contribution in [2.45, 2.75) is 11.2 Å². The van der Waals surface area contributed by atoms with Crippen LogP contribution in [0.3, 0.4) is 0 Å². The summed E-state index contributed by atoms with van der Waals surface area (Å²) in [6.07, 6.45) is 9.52. The molecule has 0 aromatic carbocycles. The van der Waals surface area contributed by atoms with Gasteiger partial charge >= 0.3 is 0 Å². The Morgan fingerprint density at radius 1 is 1.54 bits per heavy atom. The molecule has 0 aromatic rings. The van der Waals surface area contributed by atoms with E-state index in [2.05, 4.69) is 31.9 Å². The molecule has 0 bridgehead atoms. The molecule has 0 saturated carbocycles. The molecule has 0 N–H and O–H groups in total. The Morgan fingerprint density at radius 3 is 2.85 bits per heavy atom. The molecule has 0 radical (unpaired) electrons. The van der Waals surface area contributed by atoms with E-state index in [4.69, 9.17) is 0 Å². The molecule has 1 unspecified atom stereocenters. The predicted octanol–water partition coefficient (Wildman–Crippen LogP) is 3.16. The van der Waals surface area contributed by atoms with Gasteiger partial charge in [-0.3, -0.25) is 4.79 Å². The van der Waals surface area contributed by atoms with Gasteiger partial charge in [0, 0.05) is 5.57 Å². The van der Waals surface area contributed by atoms with Crippen LogP contribution in [0.15, 0.2) is 36.0 Å². The van der Waals surface area contributed by atoms with Crippen molar-refractivity contribution in [2.75, 3.05) is 5.33 Å². The van der Waals surface area contributed by atoms with E-state index in [9.17, 15) is 4.79 Å². The molecular formula is C10H10Br2O. The highest BCUT2D eigenvalue weighted by atomic mass is 79.9. The van der Waals surface area contributed by atoms with E-state index in [1.165, 1.54) is 0 Å². The summed E-state index contributed by atoms with van der Waals surface area (Å²) in [6.45, 7) is 2.02. The summed E-state index contributed by atoms with van der Waals surface area (Å²) in [5, 5.41) is 0.371. The molecule has 1 nitrogen and oxygen atoms in total. The van der Waals surface area contributed by atoms with E-state index in [1.54, 1.807) is 0 Å². The number of rotatable bonds is 2. The summed E-state index contributed by atoms with van der Waals surface area (Å²) in [4.78, 5) is 11.3. The van der Waals surface area contributed by atoms with Crippen molar-refractivity contribution < 1.29 is 4.79 Å². The highest BCUT2D eigenvalue weighted by Crippen LogP contribution is 2.24. The fourth-order valence-electron chi connectivity index (χ4n) is 0.967. The molecule has 0 heterocycles. The van der Waals surface area contributed by atoms with Crippen LogP contribution in [0.25, 0.3) is 0 Å². The fraction of sp³-hybridized carbons (Fsp3) is 0.300. The van der Waals surface area contributed by atoms with Gasteiger partial charge in [0.1, 0.15) is 0 Å². The SMILES string of the molecule is CC1(Br)C=CC=C(C(=O)CBr)C=C1. The minimum Gasteiger partial charge on any atom is -0.293 e. The van der Waals surface area contributed by atoms with E-state index < -0.39 is 0 Å². The molecule has 1 aliphatic carbocycles. The molecule has 3 heteroatoms. The molecule has 0 spiro atoms. The van der Waals surface area contributed by atoms with E-state index in [1.807, 2.05) is 37.3 Å². The fourth-order valence-corrected chi connectivity index (χ4v) is 1.58. The van der Waals surface area contributed by atoms with Crippen molar-refractivity contribution in [3.63, 3.8) is 0 Å². The molecule has 1 aliphatic rings. The molecule has 0 amide bonds. The molecule has 0 saturated heterocycles. The lowest BCUT2D eigenvalue weighted by molar-refractivity contribution is -0.112. The summed E-state index contributed by atoms with van der Waals surface area (Å²) in [6, 6.07) is 0. The molecule has 1 atom stereocenters. The molecule has 0 aliphatic heterocycles. The van der Waals surface area contributed by atoms with E-state index >= 15 is 0 Å². The standard InChI is InChI=1S/C10H10Br2O/c1-10(12)5-2-3-8(4-6-10)9(13)7-11/h2-6H,7H2,1H3. The Bertz CT molecular complexity index is 298. The number of alkyl halides is 2. The molecule has 1 rings (SSSR count). The monoisotopic (exact) mass is 304 g/mol. The number of hydrogen-bond donors (Lipinski definition) is 0. The second-order valence-electron chi connectivity index (χ2n) is 3.02. The largest absolute Gasteiger partial charge is 0.293 e. The normalized spacial score (nSPS) is 26.8. The lowest BCUT2D eigenvalue weighted by atomic mass is 10.1. The van der Waals surface area contributed by atoms with Crippen LogP contribution < -0.4 is 0 Å². The van der Waals surface area contributed by atoms with Gasteiger partial charge in [0.05, 0.1) is 9.65 Å². The van der Waals surface area contributed by atoms with Gasteiger partial charge in [0.25, 0.3) is 0 Å². The Balaban J connectivity index is 2.89. The highest BCUT2D eigenvalue weighted by Gasteiger charge is 2.14. The van der Waals surface area contributed by atoms with Gasteiger partial charge in [0.15, 0.2) is 5.78 Å². The van der Waals surface area contributed by atoms with Gasteiger partial charge in [-0.25, -0.2) is 0 Å². The van der Waals surface area contributed by atoms with Gasteiger partial charge in [-0.05, 0) is 6.92 Å². The smallest absolute Gasteiger partial charge is 0.173 e. The Hall–Kier alpha value is -0.150. The number of halogens is 2. The third kappa shape index (κ3) is 3.24. The second-order valence-corrected chi connectivity index (χ2v) is 5.29. The van der Waals surface area contributed by atoms with Gasteiger partial charge < -0.3 is 0 Å². The van der Waals surface area contributed by atoms with E-state index in [-0.39, 0.29) is 10.1 Å². The average molecular weight is 306 g/mol. The maximum atomic E-state index is 11.3. The van der Waals surface area contributed by atoms with E-state index in [0.717, 1.165) is 5.57 Å². The lowest BCUT2D eigenvalue weighted by Crippen LogP contribution is -2.06. The van der Waals surface area contributed by atoms with Crippen LogP contribution >= 0.6 is 31.9 Å². The quantitative estimate of drug-likeness (QED) is 0.716. The van der Waals surface area contributed by atoms with Gasteiger partial charge in [-0.15, -0.1) is 0 Å². The maximum Gasteiger partial charge on any atom is 0.173 e. The first-order valence-corrected chi connectivity index (χ1v) is 5.83. The zero-order valence-corrected chi connectivity index (χ0v) is 10.4. The first-order valence-electron chi connectivity index (χ1n) is 3.92. The summed E-state index contributed by atoms with van der Waals surface area (Å²) in [5.41, 5.74) is 0.733. The molecular weight excluding hydrogens is 296 g/mol. The summed E-state index contributed by atoms with van der Waals surface area (Å²) in [5.74, 6) is 0.103. The predicted molar refractivity (Wildman–Crippen MR) is 62.5 cm³/mol. The Labute approximate surface area is 94.8 Å². The van der Waals surface area contributed by atoms with Crippen molar-refractivity contribution >= 4 is 37.6 Å². The number of allylic oxidation sites excluding steroid dienone is 6. The Kier molecular flexibility index (Phi) is 3.68. The zero-order valence-electron chi connectivity index (χ0n) is 7.26. The van der Waals surface area contributed by atoms with Crippen LogP contribution in [-0.4, -0.2) is 15.4 Å². The van der Waals surface area contributed by atoms with Gasteiger partial charge in [-0.2, -0.15) is 0 Å². The zero-order chi connectivity index (χ0) is 9.90. The summed E-state index contributed by atoms with van der Waals surface area (Å²) >= 11 is 6.66. The third-order valence-corrected chi connectivity index (χ3v) is 2.77. The molecule has 0 fully saturated rings. The van der Waals surface area contributed by atoms with Crippen molar-refractivity contribution in [1.29, 1.82) is 0 Å². The first kappa shape index (κ1) is 10.9. The number of carbonyl (C=O) groups excluding carboxylic acids is 1. The molecule has 0 aromatic heterocycles. The van der Waals surface area contributed by atoms with Gasteiger partial charge in [-0.1, -0.05) is 62.2 Å². The average Bonchev–Trinajstić information content (AvgIpc) is 2.25. The molecule has 13 heavy (non-hydrogen) atoms. The third-order valence-electron chi connectivity index (χ3n) is 1.73. The summed E-state index contributed by atoms with van der Waals surface area (Å²) in [7, 11) is 0. The van der Waals surface area contributed by atoms with Crippen molar-refractivity contribution in [3.05, 3.63) is 36.0 Å². The van der Waals surface area contributed by atoms with Crippen LogP contribution in [0.1, 0.15) is 6.92 Å². The minimum atomic E-state index is -0.141. The number of hydrogen-bond acceptors (Lipinski definition) is 1. The Morgan fingerprint density at radius 2 is 2.23 bits per heavy atom. The van der Waals surface area contributed by atoms with Crippen molar-refractivity contribution in [2.24, 2.45) is 0 Å². The number of carbonyl (C=O) groups is 1. The second kappa shape index (κ2) is 4.38. The molecule has 70 valence electrons. The number of ketones is 1. The van der Waals surface area contributed by atoms with Crippen LogP contribution in [-0.2, 0) is 4.79 Å². The maximum absolute atomic E-state index is 11.3. The highest BCUT2D eigenvalue weighted by molar-refractivity contribution is 9.10. The van der Waals surface area contributed by atoms with Crippen molar-refractivity contribution in [3.8, 4) is 0 Å². The van der Waals surface area contributed by atoms with Crippen LogP contribution in [0.5, 0.6) is 0 Å². The minimum absolute atomic E-state index is 0.103. The topological polar surface area (TPSA) is 17.1 Å². The first-order chi connectivity index (χ1) is 6.05. The van der Waals surface area contributed by atoms with Crippen LogP contribution in [0, 0.1) is 0 Å². The van der Waals surface area contributed by atoms with Crippen LogP contribution in [0.2, 0.25) is 0 Å². The van der Waals surface area contributed by atoms with E-state index in [0.29, 0.717) is 5.33 Å². The van der Waals surface area contributed by atoms with Crippen molar-refractivity contribution in [1.82, 2.24) is 0 Å².